The van der Waals surface area contributed by atoms with Crippen LogP contribution in [0, 0.1) is 0 Å². The van der Waals surface area contributed by atoms with Crippen LogP contribution < -0.4 is 0 Å². The number of hydrogen-bond acceptors (Lipinski definition) is 0. The molecule has 0 radical (unpaired) electrons. The van der Waals surface area contributed by atoms with Crippen molar-refractivity contribution in [3.63, 3.8) is 0 Å². The van der Waals surface area contributed by atoms with Crippen molar-refractivity contribution in [3.8, 4) is 0 Å². The summed E-state index contributed by atoms with van der Waals surface area (Å²) in [6.45, 7) is 0. The van der Waals surface area contributed by atoms with Crippen LogP contribution in [0.4, 0.5) is 0 Å². The second-order valence-corrected chi connectivity index (χ2v) is 0. The van der Waals surface area contributed by atoms with Gasteiger partial charge in [-0.15, -0.1) is 0 Å². The van der Waals surface area contributed by atoms with E-state index in [9.17, 15) is 0 Å². The smallest absolute Gasteiger partial charge is 0 e. The van der Waals surface area contributed by atoms with Crippen molar-refractivity contribution in [1.82, 2.24) is 0 Å². The summed E-state index contributed by atoms with van der Waals surface area (Å²) in [6, 6.07) is 0. The van der Waals surface area contributed by atoms with E-state index in [4.69, 9.17) is 0 Å². The molecule has 0 aromatic heterocycles. The van der Waals surface area contributed by atoms with E-state index in [1.807, 2.05) is 0 Å². The van der Waals surface area contributed by atoms with Crippen LogP contribution in [0.2, 0.25) is 0 Å². The van der Waals surface area contributed by atoms with Crippen LogP contribution in [-0.4, -0.2) is 59.1 Å². The first kappa shape index (κ1) is 26.8. The molecule has 0 saturated heterocycles. The standard InChI is InChI=1S/2Na.2Zn.2H. The van der Waals surface area contributed by atoms with Crippen molar-refractivity contribution in [2.24, 2.45) is 0 Å². The van der Waals surface area contributed by atoms with Gasteiger partial charge >= 0.3 is 59.1 Å². The van der Waals surface area contributed by atoms with E-state index in [0.717, 1.165) is 0 Å². The van der Waals surface area contributed by atoms with Gasteiger partial charge in [-0.2, -0.15) is 0 Å². The third-order valence-corrected chi connectivity index (χ3v) is 0. The van der Waals surface area contributed by atoms with Crippen molar-refractivity contribution >= 4 is 59.1 Å². The molecule has 4 heteroatoms. The molecule has 0 aromatic carbocycles. The van der Waals surface area contributed by atoms with Gasteiger partial charge in [0.15, 0.2) is 0 Å². The summed E-state index contributed by atoms with van der Waals surface area (Å²) >= 11 is 0. The molecule has 0 aliphatic heterocycles. The first-order chi connectivity index (χ1) is 0. The molecule has 0 saturated carbocycles. The third-order valence-electron chi connectivity index (χ3n) is 0. The molecule has 0 amide bonds. The first-order valence-corrected chi connectivity index (χ1v) is 0. The van der Waals surface area contributed by atoms with Crippen LogP contribution >= 0.6 is 0 Å². The van der Waals surface area contributed by atoms with E-state index in [0.29, 0.717) is 0 Å². The van der Waals surface area contributed by atoms with E-state index in [-0.39, 0.29) is 98.1 Å². The Labute approximate surface area is 96.0 Å². The summed E-state index contributed by atoms with van der Waals surface area (Å²) in [5, 5.41) is 0. The molecular formula is H2Na2Zn2. The zero-order chi connectivity index (χ0) is 0. The van der Waals surface area contributed by atoms with Crippen molar-refractivity contribution in [2.45, 2.75) is 0 Å². The minimum Gasteiger partial charge on any atom is 0 e. The van der Waals surface area contributed by atoms with Crippen LogP contribution in [0.25, 0.3) is 0 Å². The predicted molar refractivity (Wildman–Crippen MR) is 14.3 cm³/mol. The largest absolute Gasteiger partial charge is 0 e. The molecule has 0 N–H and O–H groups in total. The van der Waals surface area contributed by atoms with Crippen LogP contribution in [0.1, 0.15) is 0 Å². The van der Waals surface area contributed by atoms with Gasteiger partial charge in [-0.1, -0.05) is 0 Å². The average molecular weight is 179 g/mol. The topological polar surface area (TPSA) is 0 Å². The Morgan fingerprint density at radius 3 is 0.500 bits per heavy atom. The zero-order valence-electron chi connectivity index (χ0n) is 1.41. The minimum atomic E-state index is 0. The molecule has 0 heterocycles. The Balaban J connectivity index is 0. The molecule has 0 aliphatic carbocycles. The summed E-state index contributed by atoms with van der Waals surface area (Å²) in [4.78, 5) is 0. The summed E-state index contributed by atoms with van der Waals surface area (Å²) in [6.07, 6.45) is 0. The first-order valence-electron chi connectivity index (χ1n) is 0. The molecule has 0 aromatic rings. The Bertz CT molecular complexity index is 4.00. The summed E-state index contributed by atoms with van der Waals surface area (Å²) in [5.74, 6) is 0. The quantitative estimate of drug-likeness (QED) is 0.405. The summed E-state index contributed by atoms with van der Waals surface area (Å²) < 4.78 is 0. The molecule has 0 nitrogen and oxygen atoms in total. The van der Waals surface area contributed by atoms with Gasteiger partial charge in [-0.25, -0.2) is 0 Å². The van der Waals surface area contributed by atoms with Gasteiger partial charge in [0, 0.05) is 39.0 Å². The third kappa shape index (κ3) is 8.98. The van der Waals surface area contributed by atoms with Crippen LogP contribution in [-0.2, 0) is 39.0 Å². The zero-order valence-corrected chi connectivity index (χ0v) is 7.35. The van der Waals surface area contributed by atoms with Gasteiger partial charge in [0.1, 0.15) is 0 Å². The predicted octanol–water partition coefficient (Wildman–Crippen LogP) is -1.30. The molecule has 0 bridgehead atoms. The average Bonchev–Trinajstić information content (AvgIpc) is 0. The molecule has 8 valence electrons. The minimum absolute atomic E-state index is 0. The molecule has 0 atom stereocenters. The Kier molecular flexibility index (Phi) is 109. The SMILES string of the molecule is [NaH].[NaH].[Zn].[Zn]. The van der Waals surface area contributed by atoms with Crippen LogP contribution in [0.5, 0.6) is 0 Å². The normalized spacial score (nSPS) is 0. The van der Waals surface area contributed by atoms with E-state index in [1.54, 1.807) is 0 Å². The van der Waals surface area contributed by atoms with Gasteiger partial charge in [-0.05, 0) is 0 Å². The Morgan fingerprint density at radius 1 is 0.500 bits per heavy atom. The molecule has 0 fully saturated rings. The van der Waals surface area contributed by atoms with E-state index in [2.05, 4.69) is 0 Å². The van der Waals surface area contributed by atoms with E-state index in [1.165, 1.54) is 0 Å². The van der Waals surface area contributed by atoms with Crippen LogP contribution in [0.3, 0.4) is 0 Å². The van der Waals surface area contributed by atoms with Crippen molar-refractivity contribution in [1.29, 1.82) is 0 Å². The number of rotatable bonds is 0. The Hall–Kier alpha value is 3.25. The maximum Gasteiger partial charge on any atom is 0 e. The maximum atomic E-state index is 0. The van der Waals surface area contributed by atoms with Crippen molar-refractivity contribution in [2.75, 3.05) is 0 Å². The Morgan fingerprint density at radius 2 is 0.500 bits per heavy atom. The van der Waals surface area contributed by atoms with Crippen molar-refractivity contribution in [3.05, 3.63) is 0 Å². The monoisotopic (exact) mass is 176 g/mol. The molecule has 4 heavy (non-hydrogen) atoms. The van der Waals surface area contributed by atoms with Gasteiger partial charge in [-0.3, -0.25) is 0 Å². The molecule has 0 unspecified atom stereocenters. The summed E-state index contributed by atoms with van der Waals surface area (Å²) in [5.41, 5.74) is 0. The van der Waals surface area contributed by atoms with Gasteiger partial charge in [0.25, 0.3) is 0 Å². The molecule has 0 aliphatic rings. The van der Waals surface area contributed by atoms with E-state index >= 15 is 0 Å². The van der Waals surface area contributed by atoms with Gasteiger partial charge < -0.3 is 0 Å². The van der Waals surface area contributed by atoms with Gasteiger partial charge in [0.05, 0.1) is 0 Å². The van der Waals surface area contributed by atoms with E-state index < -0.39 is 0 Å². The fourth-order valence-electron chi connectivity index (χ4n) is 0. The maximum absolute atomic E-state index is 0. The molecule has 0 spiro atoms. The van der Waals surface area contributed by atoms with Crippen molar-refractivity contribution < 1.29 is 39.0 Å². The fraction of sp³-hybridized carbons (Fsp3) is 0. The second-order valence-electron chi connectivity index (χ2n) is 0. The van der Waals surface area contributed by atoms with Gasteiger partial charge in [0.2, 0.25) is 0 Å². The van der Waals surface area contributed by atoms with Crippen LogP contribution in [0.15, 0.2) is 0 Å². The summed E-state index contributed by atoms with van der Waals surface area (Å²) in [7, 11) is 0. The number of hydrogen-bond donors (Lipinski definition) is 0. The molecular weight excluding hydrogens is 177 g/mol. The fourth-order valence-corrected chi connectivity index (χ4v) is 0. The second kappa shape index (κ2) is 16.3. The molecule has 0 rings (SSSR count).